The summed E-state index contributed by atoms with van der Waals surface area (Å²) in [5.74, 6) is -1.04. The maximum absolute atomic E-state index is 12.2. The highest BCUT2D eigenvalue weighted by Crippen LogP contribution is 2.27. The van der Waals surface area contributed by atoms with E-state index in [-0.39, 0.29) is 28.2 Å². The molecular weight excluding hydrogens is 344 g/mol. The summed E-state index contributed by atoms with van der Waals surface area (Å²) >= 11 is 0. The predicted molar refractivity (Wildman–Crippen MR) is 102 cm³/mol. The van der Waals surface area contributed by atoms with E-state index in [4.69, 9.17) is 4.42 Å². The van der Waals surface area contributed by atoms with Gasteiger partial charge in [-0.25, -0.2) is 4.79 Å². The monoisotopic (exact) mass is 366 g/mol. The number of nitriles is 1. The van der Waals surface area contributed by atoms with Crippen molar-refractivity contribution in [2.75, 3.05) is 12.4 Å². The number of aryl methyl sites for hydroxylation is 1. The molecule has 140 valence electrons. The van der Waals surface area contributed by atoms with Crippen molar-refractivity contribution in [1.82, 2.24) is 0 Å². The molecule has 0 unspecified atom stereocenters. The molecule has 1 N–H and O–H groups in total. The number of ether oxygens (including phenoxy) is 1. The van der Waals surface area contributed by atoms with Gasteiger partial charge in [0.15, 0.2) is 0 Å². The Morgan fingerprint density at radius 1 is 1.22 bits per heavy atom. The highest BCUT2D eigenvalue weighted by Gasteiger charge is 2.25. The van der Waals surface area contributed by atoms with Gasteiger partial charge in [-0.05, 0) is 29.5 Å². The third kappa shape index (κ3) is 4.64. The molecule has 1 heterocycles. The number of methoxy groups -OCH3 is 1. The number of anilines is 1. The highest BCUT2D eigenvalue weighted by molar-refractivity contribution is 6.03. The molecule has 27 heavy (non-hydrogen) atoms. The van der Waals surface area contributed by atoms with Crippen LogP contribution < -0.4 is 5.32 Å². The Morgan fingerprint density at radius 3 is 2.37 bits per heavy atom. The number of nitrogens with zero attached hydrogens (tertiary/aromatic N) is 1. The Kier molecular flexibility index (Phi) is 5.86. The van der Waals surface area contributed by atoms with E-state index < -0.39 is 11.9 Å². The van der Waals surface area contributed by atoms with Crippen molar-refractivity contribution in [3.8, 4) is 6.07 Å². The first-order chi connectivity index (χ1) is 12.7. The smallest absolute Gasteiger partial charge is 0.342 e. The number of carbonyl (C=O) groups is 2. The van der Waals surface area contributed by atoms with Crippen molar-refractivity contribution in [3.63, 3.8) is 0 Å². The lowest BCUT2D eigenvalue weighted by Gasteiger charge is -2.18. The number of hydrogen-bond donors (Lipinski definition) is 1. The third-order valence-corrected chi connectivity index (χ3v) is 4.03. The molecule has 0 radical (unpaired) electrons. The van der Waals surface area contributed by atoms with Gasteiger partial charge in [-0.2, -0.15) is 5.26 Å². The molecule has 6 heteroatoms. The second kappa shape index (κ2) is 7.92. The number of benzene rings is 1. The first-order valence-corrected chi connectivity index (χ1v) is 8.38. The second-order valence-electron chi connectivity index (χ2n) is 7.04. The molecule has 0 aliphatic rings. The minimum absolute atomic E-state index is 0.0112. The largest absolute Gasteiger partial charge is 0.465 e. The topological polar surface area (TPSA) is 92.3 Å². The van der Waals surface area contributed by atoms with Crippen LogP contribution in [0.15, 0.2) is 34.8 Å². The summed E-state index contributed by atoms with van der Waals surface area (Å²) in [6.07, 6.45) is 2.99. The van der Waals surface area contributed by atoms with Gasteiger partial charge in [-0.15, -0.1) is 0 Å². The molecule has 0 spiro atoms. The molecular formula is C21H22N2O4. The standard InChI is InChI=1S/C21H22N2O4/c1-13-18(20(25)26-5)16(12-22)19(27-13)23-17(24)11-8-14-6-9-15(10-7-14)21(2,3)4/h6-11H,1-5H3,(H,23,24)/b11-8+. The van der Waals surface area contributed by atoms with Crippen LogP contribution in [0.25, 0.3) is 6.08 Å². The first-order valence-electron chi connectivity index (χ1n) is 8.38. The van der Waals surface area contributed by atoms with Gasteiger partial charge in [0.05, 0.1) is 7.11 Å². The lowest BCUT2D eigenvalue weighted by atomic mass is 9.87. The van der Waals surface area contributed by atoms with Crippen molar-refractivity contribution in [2.45, 2.75) is 33.1 Å². The van der Waals surface area contributed by atoms with Crippen molar-refractivity contribution in [2.24, 2.45) is 0 Å². The molecule has 1 aromatic carbocycles. The van der Waals surface area contributed by atoms with Crippen molar-refractivity contribution in [1.29, 1.82) is 5.26 Å². The fraction of sp³-hybridized carbons (Fsp3) is 0.286. The zero-order valence-electron chi connectivity index (χ0n) is 16.0. The number of amides is 1. The molecule has 0 bridgehead atoms. The van der Waals surface area contributed by atoms with Crippen LogP contribution in [0.2, 0.25) is 0 Å². The number of nitrogens with one attached hydrogen (secondary N) is 1. The highest BCUT2D eigenvalue weighted by atomic mass is 16.5. The molecule has 0 atom stereocenters. The summed E-state index contributed by atoms with van der Waals surface area (Å²) < 4.78 is 9.99. The van der Waals surface area contributed by atoms with E-state index in [1.807, 2.05) is 30.3 Å². The molecule has 0 saturated carbocycles. The Labute approximate surface area is 158 Å². The average Bonchev–Trinajstić information content (AvgIpc) is 2.93. The number of rotatable bonds is 4. The van der Waals surface area contributed by atoms with Gasteiger partial charge >= 0.3 is 5.97 Å². The Balaban J connectivity index is 2.15. The first kappa shape index (κ1) is 20.0. The third-order valence-electron chi connectivity index (χ3n) is 4.03. The van der Waals surface area contributed by atoms with E-state index >= 15 is 0 Å². The van der Waals surface area contributed by atoms with Gasteiger partial charge in [-0.1, -0.05) is 45.0 Å². The summed E-state index contributed by atoms with van der Waals surface area (Å²) in [6.45, 7) is 7.92. The maximum Gasteiger partial charge on any atom is 0.342 e. The van der Waals surface area contributed by atoms with E-state index in [1.165, 1.54) is 25.7 Å². The van der Waals surface area contributed by atoms with Crippen LogP contribution in [-0.2, 0) is 14.9 Å². The van der Waals surface area contributed by atoms with Crippen LogP contribution in [-0.4, -0.2) is 19.0 Å². The SMILES string of the molecule is COC(=O)c1c(C)oc(NC(=O)/C=C/c2ccc(C(C)(C)C)cc2)c1C#N. The van der Waals surface area contributed by atoms with E-state index in [9.17, 15) is 14.9 Å². The molecule has 2 aromatic rings. The Bertz CT molecular complexity index is 923. The number of furan rings is 1. The minimum Gasteiger partial charge on any atom is -0.465 e. The number of esters is 1. The van der Waals surface area contributed by atoms with Crippen LogP contribution >= 0.6 is 0 Å². The predicted octanol–water partition coefficient (Wildman–Crippen LogP) is 4.20. The van der Waals surface area contributed by atoms with Crippen LogP contribution in [0.5, 0.6) is 0 Å². The van der Waals surface area contributed by atoms with Gasteiger partial charge in [0.25, 0.3) is 5.91 Å². The number of carbonyl (C=O) groups excluding carboxylic acids is 2. The van der Waals surface area contributed by atoms with Gasteiger partial charge < -0.3 is 9.15 Å². The molecule has 0 fully saturated rings. The summed E-state index contributed by atoms with van der Waals surface area (Å²) in [4.78, 5) is 23.9. The summed E-state index contributed by atoms with van der Waals surface area (Å²) in [7, 11) is 1.21. The summed E-state index contributed by atoms with van der Waals surface area (Å²) in [6, 6.07) is 9.76. The molecule has 6 nitrogen and oxygen atoms in total. The summed E-state index contributed by atoms with van der Waals surface area (Å²) in [5.41, 5.74) is 2.07. The lowest BCUT2D eigenvalue weighted by Crippen LogP contribution is -2.10. The normalized spacial score (nSPS) is 11.3. The van der Waals surface area contributed by atoms with E-state index in [2.05, 4.69) is 30.8 Å². The zero-order valence-corrected chi connectivity index (χ0v) is 16.0. The quantitative estimate of drug-likeness (QED) is 0.647. The minimum atomic E-state index is -0.692. The Morgan fingerprint density at radius 2 is 1.85 bits per heavy atom. The Hall–Kier alpha value is -3.33. The molecule has 0 saturated heterocycles. The fourth-order valence-corrected chi connectivity index (χ4v) is 2.51. The van der Waals surface area contributed by atoms with Crippen molar-refractivity contribution in [3.05, 3.63) is 58.4 Å². The fourth-order valence-electron chi connectivity index (χ4n) is 2.51. The zero-order chi connectivity index (χ0) is 20.2. The van der Waals surface area contributed by atoms with Crippen LogP contribution in [0.3, 0.4) is 0 Å². The van der Waals surface area contributed by atoms with E-state index in [0.717, 1.165) is 5.56 Å². The second-order valence-corrected chi connectivity index (χ2v) is 7.04. The van der Waals surface area contributed by atoms with Gasteiger partial charge in [0, 0.05) is 6.08 Å². The summed E-state index contributed by atoms with van der Waals surface area (Å²) in [5, 5.41) is 11.8. The molecule has 1 aromatic heterocycles. The molecule has 1 amide bonds. The van der Waals surface area contributed by atoms with Crippen molar-refractivity contribution >= 4 is 23.8 Å². The molecule has 0 aliphatic heterocycles. The molecule has 2 rings (SSSR count). The van der Waals surface area contributed by atoms with Crippen molar-refractivity contribution < 1.29 is 18.7 Å². The van der Waals surface area contributed by atoms with Crippen LogP contribution in [0, 0.1) is 18.3 Å². The van der Waals surface area contributed by atoms with E-state index in [1.54, 1.807) is 6.08 Å². The van der Waals surface area contributed by atoms with Crippen LogP contribution in [0.1, 0.15) is 53.6 Å². The maximum atomic E-state index is 12.2. The van der Waals surface area contributed by atoms with E-state index in [0.29, 0.717) is 0 Å². The number of hydrogen-bond acceptors (Lipinski definition) is 5. The van der Waals surface area contributed by atoms with Crippen LogP contribution in [0.4, 0.5) is 5.88 Å². The lowest BCUT2D eigenvalue weighted by molar-refractivity contribution is -0.111. The average molecular weight is 366 g/mol. The van der Waals surface area contributed by atoms with Gasteiger partial charge in [-0.3, -0.25) is 10.1 Å². The van der Waals surface area contributed by atoms with Gasteiger partial charge in [0.1, 0.15) is 23.0 Å². The van der Waals surface area contributed by atoms with Gasteiger partial charge in [0.2, 0.25) is 5.88 Å². The molecule has 0 aliphatic carbocycles.